The fourth-order valence-corrected chi connectivity index (χ4v) is 5.18. The third kappa shape index (κ3) is 5.52. The van der Waals surface area contributed by atoms with Crippen molar-refractivity contribution in [3.05, 3.63) is 91.9 Å². The number of halogens is 1. The molecule has 0 saturated carbocycles. The van der Waals surface area contributed by atoms with Crippen molar-refractivity contribution in [2.75, 3.05) is 27.2 Å². The zero-order valence-electron chi connectivity index (χ0n) is 20.0. The van der Waals surface area contributed by atoms with Crippen LogP contribution in [-0.4, -0.2) is 57.4 Å². The number of hydrogen-bond acceptors (Lipinski definition) is 6. The monoisotopic (exact) mass is 553 g/mol. The first kappa shape index (κ1) is 25.2. The van der Waals surface area contributed by atoms with Gasteiger partial charge in [0.1, 0.15) is 5.82 Å². The highest BCUT2D eigenvalue weighted by atomic mass is 79.9. The average Bonchev–Trinajstić information content (AvgIpc) is 3.33. The van der Waals surface area contributed by atoms with Gasteiger partial charge < -0.3 is 9.80 Å². The molecular formula is C26H28BrN5O2S. The number of fused-ring (bicyclic) bond motifs is 1. The minimum Gasteiger partial charge on any atom is -0.327 e. The highest BCUT2D eigenvalue weighted by Gasteiger charge is 2.30. The molecule has 0 N–H and O–H groups in total. The predicted octanol–water partition coefficient (Wildman–Crippen LogP) is 4.82. The third-order valence-corrected chi connectivity index (χ3v) is 7.30. The maximum Gasteiger partial charge on any atom is 0.281 e. The van der Waals surface area contributed by atoms with E-state index in [-0.39, 0.29) is 11.5 Å². The van der Waals surface area contributed by atoms with E-state index >= 15 is 0 Å². The van der Waals surface area contributed by atoms with E-state index in [4.69, 9.17) is 4.98 Å². The van der Waals surface area contributed by atoms with E-state index in [9.17, 15) is 9.59 Å². The molecule has 0 aliphatic carbocycles. The molecule has 0 aliphatic heterocycles. The minimum absolute atomic E-state index is 0.101. The summed E-state index contributed by atoms with van der Waals surface area (Å²) in [6.07, 6.45) is 0.606. The first-order valence-electron chi connectivity index (χ1n) is 11.5. The molecule has 0 spiro atoms. The van der Waals surface area contributed by atoms with Crippen LogP contribution in [0, 0.1) is 0 Å². The lowest BCUT2D eigenvalue weighted by atomic mass is 10.1. The van der Waals surface area contributed by atoms with Gasteiger partial charge in [0.15, 0.2) is 10.3 Å². The minimum atomic E-state index is -0.391. The molecule has 2 aromatic carbocycles. The van der Waals surface area contributed by atoms with Crippen molar-refractivity contribution in [2.45, 2.75) is 25.9 Å². The Morgan fingerprint density at radius 1 is 1.09 bits per heavy atom. The Labute approximate surface area is 217 Å². The summed E-state index contributed by atoms with van der Waals surface area (Å²) >= 11 is 4.88. The first-order chi connectivity index (χ1) is 16.9. The zero-order chi connectivity index (χ0) is 24.9. The Morgan fingerprint density at radius 2 is 1.80 bits per heavy atom. The largest absolute Gasteiger partial charge is 0.327 e. The summed E-state index contributed by atoms with van der Waals surface area (Å²) in [5.41, 5.74) is 3.39. The molecule has 0 aliphatic rings. The normalized spacial score (nSPS) is 12.3. The molecule has 0 bridgehead atoms. The number of likely N-dealkylation sites (N-methyl/N-ethyl adjacent to an activating group) is 1. The van der Waals surface area contributed by atoms with Crippen molar-refractivity contribution < 1.29 is 4.79 Å². The van der Waals surface area contributed by atoms with E-state index in [1.807, 2.05) is 85.4 Å². The smallest absolute Gasteiger partial charge is 0.281 e. The highest BCUT2D eigenvalue weighted by molar-refractivity contribution is 9.10. The van der Waals surface area contributed by atoms with E-state index in [1.54, 1.807) is 10.1 Å². The molecule has 9 heteroatoms. The lowest BCUT2D eigenvalue weighted by Crippen LogP contribution is -2.42. The molecule has 4 rings (SSSR count). The number of hydrogen-bond donors (Lipinski definition) is 0. The predicted molar refractivity (Wildman–Crippen MR) is 144 cm³/mol. The topological polar surface area (TPSA) is 71.3 Å². The fourth-order valence-electron chi connectivity index (χ4n) is 4.07. The molecule has 1 atom stereocenters. The number of aromatic nitrogens is 3. The Kier molecular flexibility index (Phi) is 8.10. The molecule has 1 amide bonds. The van der Waals surface area contributed by atoms with Crippen LogP contribution in [0.4, 0.5) is 0 Å². The number of carbonyl (C=O) groups is 1. The Morgan fingerprint density at radius 3 is 2.49 bits per heavy atom. The quantitative estimate of drug-likeness (QED) is 0.297. The molecular weight excluding hydrogens is 526 g/mol. The van der Waals surface area contributed by atoms with Crippen molar-refractivity contribution in [1.82, 2.24) is 24.3 Å². The van der Waals surface area contributed by atoms with Crippen LogP contribution in [0.25, 0.3) is 10.3 Å². The van der Waals surface area contributed by atoms with Crippen LogP contribution in [0.3, 0.4) is 0 Å². The lowest BCUT2D eigenvalue weighted by Gasteiger charge is -2.33. The fraction of sp³-hybridized carbons (Fsp3) is 0.308. The van der Waals surface area contributed by atoms with E-state index in [2.05, 4.69) is 20.9 Å². The summed E-state index contributed by atoms with van der Waals surface area (Å²) in [5, 5.41) is 0. The average molecular weight is 555 g/mol. The van der Waals surface area contributed by atoms with Crippen molar-refractivity contribution in [1.29, 1.82) is 0 Å². The van der Waals surface area contributed by atoms with Crippen LogP contribution in [0.15, 0.2) is 69.4 Å². The second kappa shape index (κ2) is 11.2. The summed E-state index contributed by atoms with van der Waals surface area (Å²) in [5.74, 6) is 0.480. The van der Waals surface area contributed by atoms with Crippen LogP contribution in [0.2, 0.25) is 0 Å². The van der Waals surface area contributed by atoms with Crippen molar-refractivity contribution in [3.8, 4) is 0 Å². The van der Waals surface area contributed by atoms with Crippen molar-refractivity contribution >= 4 is 43.5 Å². The third-order valence-electron chi connectivity index (χ3n) is 5.89. The van der Waals surface area contributed by atoms with Crippen molar-refractivity contribution in [2.24, 2.45) is 0 Å². The second-order valence-corrected chi connectivity index (χ2v) is 10.2. The van der Waals surface area contributed by atoms with Gasteiger partial charge in [0, 0.05) is 17.6 Å². The van der Waals surface area contributed by atoms with Gasteiger partial charge in [0.05, 0.1) is 23.7 Å². The Hall–Kier alpha value is -2.88. The number of carbonyl (C=O) groups excluding carboxylic acids is 1. The van der Waals surface area contributed by atoms with E-state index in [1.165, 1.54) is 11.3 Å². The highest BCUT2D eigenvalue weighted by Crippen LogP contribution is 2.28. The summed E-state index contributed by atoms with van der Waals surface area (Å²) < 4.78 is 2.42. The summed E-state index contributed by atoms with van der Waals surface area (Å²) in [6.45, 7) is 3.55. The molecule has 1 unspecified atom stereocenters. The Balaban J connectivity index is 1.86. The number of rotatable bonds is 9. The van der Waals surface area contributed by atoms with Gasteiger partial charge in [0.25, 0.3) is 11.5 Å². The summed E-state index contributed by atoms with van der Waals surface area (Å²) in [7, 11) is 3.96. The Bertz CT molecular complexity index is 1370. The second-order valence-electron chi connectivity index (χ2n) is 8.56. The van der Waals surface area contributed by atoms with Crippen LogP contribution in [0.5, 0.6) is 0 Å². The summed E-state index contributed by atoms with van der Waals surface area (Å²) in [6, 6.07) is 16.9. The van der Waals surface area contributed by atoms with Crippen LogP contribution >= 0.6 is 27.3 Å². The summed E-state index contributed by atoms with van der Waals surface area (Å²) in [4.78, 5) is 41.1. The van der Waals surface area contributed by atoms with Crippen LogP contribution in [0.1, 0.15) is 41.1 Å². The molecule has 7 nitrogen and oxygen atoms in total. The van der Waals surface area contributed by atoms with Gasteiger partial charge in [-0.2, -0.15) is 0 Å². The number of nitrogens with zero attached hydrogens (tertiary/aromatic N) is 5. The molecule has 0 radical (unpaired) electrons. The molecule has 0 fully saturated rings. The van der Waals surface area contributed by atoms with Crippen LogP contribution < -0.4 is 5.56 Å². The van der Waals surface area contributed by atoms with Gasteiger partial charge in [0.2, 0.25) is 0 Å². The lowest BCUT2D eigenvalue weighted by molar-refractivity contribution is 0.0641. The number of thiazole rings is 1. The van der Waals surface area contributed by atoms with Gasteiger partial charge in [-0.1, -0.05) is 49.4 Å². The van der Waals surface area contributed by atoms with Gasteiger partial charge in [-0.3, -0.25) is 14.2 Å². The zero-order valence-corrected chi connectivity index (χ0v) is 22.4. The molecule has 4 aromatic rings. The molecule has 182 valence electrons. The maximum absolute atomic E-state index is 13.9. The standard InChI is InChI=1S/C26H28BrN5O2S/c1-4-21(31(15-14-30(2)3)25(33)19-12-8-9-13-20(19)27)23-29-24-22(28-17-35-24)26(34)32(23)16-18-10-6-5-7-11-18/h5-13,17,21H,4,14-16H2,1-3H3. The molecule has 2 heterocycles. The van der Waals surface area contributed by atoms with E-state index in [0.717, 1.165) is 10.0 Å². The van der Waals surface area contributed by atoms with Crippen molar-refractivity contribution in [3.63, 3.8) is 0 Å². The molecule has 2 aromatic heterocycles. The maximum atomic E-state index is 13.9. The van der Waals surface area contributed by atoms with Gasteiger partial charge >= 0.3 is 0 Å². The number of amides is 1. The SMILES string of the molecule is CCC(c1nc2scnc2c(=O)n1Cc1ccccc1)N(CCN(C)C)C(=O)c1ccccc1Br. The van der Waals surface area contributed by atoms with Gasteiger partial charge in [-0.05, 0) is 54.1 Å². The van der Waals surface area contributed by atoms with Gasteiger partial charge in [-0.25, -0.2) is 9.97 Å². The molecule has 0 saturated heterocycles. The molecule has 35 heavy (non-hydrogen) atoms. The van der Waals surface area contributed by atoms with E-state index in [0.29, 0.717) is 47.8 Å². The number of benzene rings is 2. The van der Waals surface area contributed by atoms with Gasteiger partial charge in [-0.15, -0.1) is 11.3 Å². The van der Waals surface area contributed by atoms with E-state index < -0.39 is 6.04 Å². The first-order valence-corrected chi connectivity index (χ1v) is 13.2. The van der Waals surface area contributed by atoms with Crippen LogP contribution in [-0.2, 0) is 6.54 Å².